The van der Waals surface area contributed by atoms with Gasteiger partial charge in [-0.15, -0.1) is 0 Å². The van der Waals surface area contributed by atoms with Crippen LogP contribution in [0, 0.1) is 0 Å². The van der Waals surface area contributed by atoms with E-state index in [1.54, 1.807) is 23.0 Å². The molecule has 2 heterocycles. The SMILES string of the molecule is CCCNC(=O)c1ccc(Nc2cc(C(C)C)nn2C)nc1. The van der Waals surface area contributed by atoms with Crippen molar-refractivity contribution < 1.29 is 4.79 Å². The van der Waals surface area contributed by atoms with E-state index < -0.39 is 0 Å². The van der Waals surface area contributed by atoms with Crippen LogP contribution in [0.25, 0.3) is 0 Å². The van der Waals surface area contributed by atoms with Crippen LogP contribution in [0.15, 0.2) is 24.4 Å². The van der Waals surface area contributed by atoms with Crippen LogP contribution in [-0.4, -0.2) is 27.2 Å². The number of carbonyl (C=O) groups excluding carboxylic acids is 1. The number of nitrogens with one attached hydrogen (secondary N) is 2. The highest BCUT2D eigenvalue weighted by atomic mass is 16.1. The van der Waals surface area contributed by atoms with Gasteiger partial charge in [-0.1, -0.05) is 20.8 Å². The molecule has 2 N–H and O–H groups in total. The van der Waals surface area contributed by atoms with Crippen LogP contribution in [-0.2, 0) is 7.05 Å². The molecule has 6 nitrogen and oxygen atoms in total. The Morgan fingerprint density at radius 3 is 2.68 bits per heavy atom. The molecule has 0 aromatic carbocycles. The minimum atomic E-state index is -0.0940. The molecule has 118 valence electrons. The van der Waals surface area contributed by atoms with Gasteiger partial charge >= 0.3 is 0 Å². The maximum absolute atomic E-state index is 11.8. The molecule has 0 fully saturated rings. The van der Waals surface area contributed by atoms with E-state index in [1.807, 2.05) is 20.0 Å². The average molecular weight is 301 g/mol. The van der Waals surface area contributed by atoms with Crippen LogP contribution in [0.5, 0.6) is 0 Å². The van der Waals surface area contributed by atoms with Gasteiger partial charge in [0.05, 0.1) is 11.3 Å². The third kappa shape index (κ3) is 3.84. The van der Waals surface area contributed by atoms with Gasteiger partial charge < -0.3 is 10.6 Å². The van der Waals surface area contributed by atoms with Crippen LogP contribution < -0.4 is 10.6 Å². The fourth-order valence-corrected chi connectivity index (χ4v) is 1.96. The second kappa shape index (κ2) is 7.06. The largest absolute Gasteiger partial charge is 0.352 e. The predicted molar refractivity (Wildman–Crippen MR) is 87.4 cm³/mol. The van der Waals surface area contributed by atoms with Crippen molar-refractivity contribution in [2.24, 2.45) is 7.05 Å². The minimum Gasteiger partial charge on any atom is -0.352 e. The van der Waals surface area contributed by atoms with E-state index >= 15 is 0 Å². The number of hydrogen-bond donors (Lipinski definition) is 2. The van der Waals surface area contributed by atoms with Gasteiger partial charge in [0.2, 0.25) is 0 Å². The van der Waals surface area contributed by atoms with Gasteiger partial charge in [0.1, 0.15) is 11.6 Å². The summed E-state index contributed by atoms with van der Waals surface area (Å²) >= 11 is 0. The Morgan fingerprint density at radius 2 is 2.14 bits per heavy atom. The van der Waals surface area contributed by atoms with Crippen LogP contribution in [0.3, 0.4) is 0 Å². The second-order valence-electron chi connectivity index (χ2n) is 5.55. The number of amides is 1. The number of aryl methyl sites for hydroxylation is 1. The number of pyridine rings is 1. The Labute approximate surface area is 130 Å². The normalized spacial score (nSPS) is 10.8. The van der Waals surface area contributed by atoms with Crippen molar-refractivity contribution >= 4 is 17.5 Å². The number of carbonyl (C=O) groups is 1. The third-order valence-corrected chi connectivity index (χ3v) is 3.31. The number of anilines is 2. The average Bonchev–Trinajstić information content (AvgIpc) is 2.87. The standard InChI is InChI=1S/C16H23N5O/c1-5-8-17-16(22)12-6-7-14(18-10-12)19-15-9-13(11(2)3)20-21(15)4/h6-7,9-11H,5,8H2,1-4H3,(H,17,22)(H,18,19). The first kappa shape index (κ1) is 16.0. The van der Waals surface area contributed by atoms with Gasteiger partial charge in [0.25, 0.3) is 5.91 Å². The molecule has 0 atom stereocenters. The van der Waals surface area contributed by atoms with Gasteiger partial charge in [-0.05, 0) is 24.5 Å². The molecule has 0 saturated carbocycles. The summed E-state index contributed by atoms with van der Waals surface area (Å²) in [7, 11) is 1.89. The van der Waals surface area contributed by atoms with Crippen molar-refractivity contribution in [3.63, 3.8) is 0 Å². The molecule has 0 bridgehead atoms. The predicted octanol–water partition coefficient (Wildman–Crippen LogP) is 2.82. The molecule has 0 aliphatic rings. The van der Waals surface area contributed by atoms with Crippen molar-refractivity contribution in [2.75, 3.05) is 11.9 Å². The van der Waals surface area contributed by atoms with Crippen molar-refractivity contribution in [2.45, 2.75) is 33.1 Å². The van der Waals surface area contributed by atoms with E-state index in [2.05, 4.69) is 34.6 Å². The second-order valence-corrected chi connectivity index (χ2v) is 5.55. The van der Waals surface area contributed by atoms with Gasteiger partial charge in [-0.25, -0.2) is 4.98 Å². The molecule has 0 aliphatic carbocycles. The lowest BCUT2D eigenvalue weighted by Crippen LogP contribution is -2.24. The lowest BCUT2D eigenvalue weighted by molar-refractivity contribution is 0.0953. The van der Waals surface area contributed by atoms with E-state index in [9.17, 15) is 4.79 Å². The molecule has 2 aromatic rings. The van der Waals surface area contributed by atoms with E-state index in [1.165, 1.54) is 0 Å². The fraction of sp³-hybridized carbons (Fsp3) is 0.438. The number of nitrogens with zero attached hydrogens (tertiary/aromatic N) is 3. The lowest BCUT2D eigenvalue weighted by Gasteiger charge is -2.07. The topological polar surface area (TPSA) is 71.8 Å². The zero-order valence-corrected chi connectivity index (χ0v) is 13.6. The van der Waals surface area contributed by atoms with Crippen molar-refractivity contribution in [1.82, 2.24) is 20.1 Å². The summed E-state index contributed by atoms with van der Waals surface area (Å²) in [4.78, 5) is 16.1. The van der Waals surface area contributed by atoms with E-state index in [-0.39, 0.29) is 5.91 Å². The quantitative estimate of drug-likeness (QED) is 0.860. The Bertz CT molecular complexity index is 630. The van der Waals surface area contributed by atoms with Gasteiger partial charge in [0.15, 0.2) is 0 Å². The summed E-state index contributed by atoms with van der Waals surface area (Å²) in [5.74, 6) is 1.84. The smallest absolute Gasteiger partial charge is 0.252 e. The maximum Gasteiger partial charge on any atom is 0.252 e. The first-order valence-corrected chi connectivity index (χ1v) is 7.56. The molecule has 0 aliphatic heterocycles. The molecule has 2 aromatic heterocycles. The van der Waals surface area contributed by atoms with Crippen molar-refractivity contribution in [3.8, 4) is 0 Å². The molecule has 0 radical (unpaired) electrons. The first-order valence-electron chi connectivity index (χ1n) is 7.56. The highest BCUT2D eigenvalue weighted by Gasteiger charge is 2.09. The molecule has 6 heteroatoms. The first-order chi connectivity index (χ1) is 10.5. The summed E-state index contributed by atoms with van der Waals surface area (Å²) in [5.41, 5.74) is 1.59. The Balaban J connectivity index is 2.06. The number of hydrogen-bond acceptors (Lipinski definition) is 4. The van der Waals surface area contributed by atoms with Crippen LogP contribution >= 0.6 is 0 Å². The van der Waals surface area contributed by atoms with Crippen LogP contribution in [0.4, 0.5) is 11.6 Å². The highest BCUT2D eigenvalue weighted by molar-refractivity contribution is 5.94. The maximum atomic E-state index is 11.8. The van der Waals surface area contributed by atoms with E-state index in [0.29, 0.717) is 23.8 Å². The number of rotatable bonds is 6. The van der Waals surface area contributed by atoms with E-state index in [0.717, 1.165) is 17.9 Å². The summed E-state index contributed by atoms with van der Waals surface area (Å²) in [6.07, 6.45) is 2.49. The zero-order valence-electron chi connectivity index (χ0n) is 13.6. The van der Waals surface area contributed by atoms with Gasteiger partial charge in [0, 0.05) is 25.9 Å². The lowest BCUT2D eigenvalue weighted by atomic mass is 10.1. The monoisotopic (exact) mass is 301 g/mol. The summed E-state index contributed by atoms with van der Waals surface area (Å²) in [6.45, 7) is 6.90. The molecule has 1 amide bonds. The Kier molecular flexibility index (Phi) is 5.14. The number of aromatic nitrogens is 3. The van der Waals surface area contributed by atoms with Crippen molar-refractivity contribution in [1.29, 1.82) is 0 Å². The summed E-state index contributed by atoms with van der Waals surface area (Å²) < 4.78 is 1.79. The van der Waals surface area contributed by atoms with Gasteiger partial charge in [-0.3, -0.25) is 9.48 Å². The molecule has 0 spiro atoms. The Morgan fingerprint density at radius 1 is 1.36 bits per heavy atom. The summed E-state index contributed by atoms with van der Waals surface area (Å²) in [6, 6.07) is 5.57. The molecular weight excluding hydrogens is 278 g/mol. The van der Waals surface area contributed by atoms with Crippen molar-refractivity contribution in [3.05, 3.63) is 35.7 Å². The van der Waals surface area contributed by atoms with E-state index in [4.69, 9.17) is 0 Å². The third-order valence-electron chi connectivity index (χ3n) is 3.31. The highest BCUT2D eigenvalue weighted by Crippen LogP contribution is 2.20. The Hall–Kier alpha value is -2.37. The fourth-order valence-electron chi connectivity index (χ4n) is 1.96. The van der Waals surface area contributed by atoms with Gasteiger partial charge in [-0.2, -0.15) is 5.10 Å². The molecule has 22 heavy (non-hydrogen) atoms. The molecule has 2 rings (SSSR count). The molecule has 0 unspecified atom stereocenters. The molecule has 0 saturated heterocycles. The molecular formula is C16H23N5O. The summed E-state index contributed by atoms with van der Waals surface area (Å²) in [5, 5.41) is 10.5. The van der Waals surface area contributed by atoms with Crippen LogP contribution in [0.1, 0.15) is 49.2 Å². The van der Waals surface area contributed by atoms with Crippen LogP contribution in [0.2, 0.25) is 0 Å². The zero-order chi connectivity index (χ0) is 16.1. The minimum absolute atomic E-state index is 0.0940.